The van der Waals surface area contributed by atoms with Crippen molar-refractivity contribution in [2.45, 2.75) is 12.1 Å². The van der Waals surface area contributed by atoms with Crippen LogP contribution in [0.3, 0.4) is 0 Å². The van der Waals surface area contributed by atoms with Gasteiger partial charge >= 0.3 is 0 Å². The second-order valence-corrected chi connectivity index (χ2v) is 5.88. The van der Waals surface area contributed by atoms with Crippen molar-refractivity contribution in [3.05, 3.63) is 39.3 Å². The molecule has 1 aromatic heterocycles. The lowest BCUT2D eigenvalue weighted by atomic mass is 10.1. The zero-order chi connectivity index (χ0) is 14.1. The first-order valence-electron chi connectivity index (χ1n) is 5.75. The Hall–Kier alpha value is -1.20. The fourth-order valence-corrected chi connectivity index (χ4v) is 3.06. The van der Waals surface area contributed by atoms with Crippen LogP contribution in [0.25, 0.3) is 10.6 Å². The van der Waals surface area contributed by atoms with Crippen molar-refractivity contribution in [3.8, 4) is 16.6 Å². The Morgan fingerprint density at radius 2 is 2.10 bits per heavy atom. The number of hydrazine groups is 2. The van der Waals surface area contributed by atoms with Gasteiger partial charge in [0, 0.05) is 10.9 Å². The van der Waals surface area contributed by atoms with Gasteiger partial charge in [-0.15, -0.1) is 11.3 Å². The highest BCUT2D eigenvalue weighted by atomic mass is 35.5. The molecule has 1 saturated heterocycles. The second kappa shape index (κ2) is 5.66. The monoisotopic (exact) mass is 325 g/mol. The van der Waals surface area contributed by atoms with Gasteiger partial charge in [0.05, 0.1) is 27.9 Å². The first kappa shape index (κ1) is 13.8. The molecule has 8 heteroatoms. The minimum atomic E-state index is -0.362. The van der Waals surface area contributed by atoms with Crippen LogP contribution in [0.2, 0.25) is 10.0 Å². The van der Waals surface area contributed by atoms with Gasteiger partial charge in [0.25, 0.3) is 0 Å². The molecule has 20 heavy (non-hydrogen) atoms. The summed E-state index contributed by atoms with van der Waals surface area (Å²) >= 11 is 13.4. The molecule has 1 fully saturated rings. The summed E-state index contributed by atoms with van der Waals surface area (Å²) in [7, 11) is 0. The van der Waals surface area contributed by atoms with Crippen LogP contribution in [0.1, 0.15) is 11.7 Å². The molecule has 1 aliphatic rings. The molecule has 1 aromatic carbocycles. The summed E-state index contributed by atoms with van der Waals surface area (Å²) in [6.45, 7) is 0. The van der Waals surface area contributed by atoms with Crippen LogP contribution in [0.5, 0.6) is 0 Å². The number of halogens is 2. The Morgan fingerprint density at radius 3 is 2.85 bits per heavy atom. The molecule has 102 valence electrons. The van der Waals surface area contributed by atoms with Crippen molar-refractivity contribution in [2.75, 3.05) is 0 Å². The highest BCUT2D eigenvalue weighted by Gasteiger charge is 2.29. The summed E-state index contributed by atoms with van der Waals surface area (Å²) in [5, 5.41) is 12.8. The van der Waals surface area contributed by atoms with Crippen molar-refractivity contribution < 1.29 is 0 Å². The molecular weight excluding hydrogens is 317 g/mol. The third-order valence-corrected chi connectivity index (χ3v) is 4.58. The number of nitrogens with zero attached hydrogens (tertiary/aromatic N) is 2. The molecule has 0 aliphatic carbocycles. The van der Waals surface area contributed by atoms with Crippen molar-refractivity contribution in [1.82, 2.24) is 21.4 Å². The Bertz CT molecular complexity index is 681. The van der Waals surface area contributed by atoms with E-state index in [9.17, 15) is 0 Å². The zero-order valence-corrected chi connectivity index (χ0v) is 12.4. The zero-order valence-electron chi connectivity index (χ0n) is 10.0. The summed E-state index contributed by atoms with van der Waals surface area (Å²) in [5.41, 5.74) is 10.2. The summed E-state index contributed by atoms with van der Waals surface area (Å²) < 4.78 is 0. The SMILES string of the molecule is N#CC1NNNC1c1csc(-c2ccc(Cl)c(Cl)c2)n1. The van der Waals surface area contributed by atoms with Crippen molar-refractivity contribution in [2.24, 2.45) is 0 Å². The molecule has 0 spiro atoms. The van der Waals surface area contributed by atoms with Crippen LogP contribution in [-0.2, 0) is 0 Å². The maximum atomic E-state index is 9.04. The van der Waals surface area contributed by atoms with Gasteiger partial charge in [-0.05, 0) is 12.1 Å². The van der Waals surface area contributed by atoms with Gasteiger partial charge in [-0.3, -0.25) is 0 Å². The molecule has 0 bridgehead atoms. The third-order valence-electron chi connectivity index (χ3n) is 2.93. The molecule has 2 aromatic rings. The average molecular weight is 326 g/mol. The van der Waals surface area contributed by atoms with E-state index in [2.05, 4.69) is 27.4 Å². The molecule has 2 unspecified atom stereocenters. The number of nitriles is 1. The fourth-order valence-electron chi connectivity index (χ4n) is 1.91. The number of nitrogens with one attached hydrogen (secondary N) is 3. The van der Waals surface area contributed by atoms with Gasteiger partial charge in [0.15, 0.2) is 0 Å². The standard InChI is InChI=1S/C12H9Cl2N5S/c13-7-2-1-6(3-8(7)14)12-16-10(5-20-12)11-9(4-15)17-19-18-11/h1-3,5,9,11,17-19H. The quantitative estimate of drug-likeness (QED) is 0.791. The van der Waals surface area contributed by atoms with E-state index >= 15 is 0 Å². The van der Waals surface area contributed by atoms with Gasteiger partial charge in [-0.2, -0.15) is 10.8 Å². The molecule has 3 N–H and O–H groups in total. The second-order valence-electron chi connectivity index (χ2n) is 4.20. The first-order chi connectivity index (χ1) is 9.69. The minimum Gasteiger partial charge on any atom is -0.239 e. The van der Waals surface area contributed by atoms with Crippen LogP contribution < -0.4 is 16.4 Å². The summed E-state index contributed by atoms with van der Waals surface area (Å²) in [4.78, 5) is 4.55. The number of thiazole rings is 1. The summed E-state index contributed by atoms with van der Waals surface area (Å²) in [6, 6.07) is 7.02. The molecule has 0 radical (unpaired) electrons. The van der Waals surface area contributed by atoms with E-state index in [-0.39, 0.29) is 12.1 Å². The Labute approximate surface area is 129 Å². The molecule has 5 nitrogen and oxygen atoms in total. The van der Waals surface area contributed by atoms with Crippen LogP contribution in [0.4, 0.5) is 0 Å². The molecule has 0 saturated carbocycles. The number of hydrogen-bond acceptors (Lipinski definition) is 6. The van der Waals surface area contributed by atoms with E-state index in [1.807, 2.05) is 11.4 Å². The van der Waals surface area contributed by atoms with E-state index in [1.54, 1.807) is 12.1 Å². The third kappa shape index (κ3) is 2.52. The van der Waals surface area contributed by atoms with Crippen LogP contribution in [0.15, 0.2) is 23.6 Å². The smallest absolute Gasteiger partial charge is 0.131 e. The normalized spacial score (nSPS) is 21.9. The van der Waals surface area contributed by atoms with E-state index in [4.69, 9.17) is 28.5 Å². The molecule has 3 rings (SSSR count). The number of hydrogen-bond donors (Lipinski definition) is 3. The summed E-state index contributed by atoms with van der Waals surface area (Å²) in [6.07, 6.45) is 0. The van der Waals surface area contributed by atoms with E-state index in [1.165, 1.54) is 11.3 Å². The van der Waals surface area contributed by atoms with Crippen LogP contribution in [0, 0.1) is 11.3 Å². The molecule has 2 heterocycles. The lowest BCUT2D eigenvalue weighted by Crippen LogP contribution is -2.32. The van der Waals surface area contributed by atoms with Gasteiger partial charge < -0.3 is 0 Å². The van der Waals surface area contributed by atoms with E-state index < -0.39 is 0 Å². The lowest BCUT2D eigenvalue weighted by Gasteiger charge is -2.07. The Balaban J connectivity index is 1.90. The molecule has 0 amide bonds. The number of aromatic nitrogens is 1. The van der Waals surface area contributed by atoms with Crippen molar-refractivity contribution in [3.63, 3.8) is 0 Å². The molecule has 1 aliphatic heterocycles. The van der Waals surface area contributed by atoms with E-state index in [0.29, 0.717) is 10.0 Å². The fraction of sp³-hybridized carbons (Fsp3) is 0.167. The maximum absolute atomic E-state index is 9.04. The molecule has 2 atom stereocenters. The Morgan fingerprint density at radius 1 is 1.25 bits per heavy atom. The highest BCUT2D eigenvalue weighted by Crippen LogP contribution is 2.32. The minimum absolute atomic E-state index is 0.187. The predicted molar refractivity (Wildman–Crippen MR) is 79.1 cm³/mol. The van der Waals surface area contributed by atoms with Gasteiger partial charge in [0.1, 0.15) is 11.0 Å². The number of benzene rings is 1. The summed E-state index contributed by atoms with van der Waals surface area (Å²) in [5.74, 6) is 0. The van der Waals surface area contributed by atoms with Crippen LogP contribution >= 0.6 is 34.5 Å². The van der Waals surface area contributed by atoms with Crippen LogP contribution in [-0.4, -0.2) is 11.0 Å². The average Bonchev–Trinajstić information content (AvgIpc) is 3.09. The molecular formula is C12H9Cl2N5S. The Kier molecular flexibility index (Phi) is 3.89. The highest BCUT2D eigenvalue weighted by molar-refractivity contribution is 7.13. The number of rotatable bonds is 2. The predicted octanol–water partition coefficient (Wildman–Crippen LogP) is 2.66. The van der Waals surface area contributed by atoms with Crippen molar-refractivity contribution >= 4 is 34.5 Å². The van der Waals surface area contributed by atoms with E-state index in [0.717, 1.165) is 16.3 Å². The van der Waals surface area contributed by atoms with Gasteiger partial charge in [0.2, 0.25) is 0 Å². The lowest BCUT2D eigenvalue weighted by molar-refractivity contribution is 0.550. The largest absolute Gasteiger partial charge is 0.239 e. The first-order valence-corrected chi connectivity index (χ1v) is 7.39. The van der Waals surface area contributed by atoms with Gasteiger partial charge in [-0.25, -0.2) is 15.8 Å². The maximum Gasteiger partial charge on any atom is 0.131 e. The van der Waals surface area contributed by atoms with Gasteiger partial charge in [-0.1, -0.05) is 29.3 Å². The topological polar surface area (TPSA) is 72.8 Å². The van der Waals surface area contributed by atoms with Crippen molar-refractivity contribution in [1.29, 1.82) is 5.26 Å².